The monoisotopic (exact) mass is 873 g/mol. The van der Waals surface area contributed by atoms with Crippen LogP contribution < -0.4 is 0 Å². The third-order valence-electron chi connectivity index (χ3n) is 16.8. The molecule has 0 bridgehead atoms. The SMILES string of the molecule is CCCC1(CCC)c2ccccc2-c2ccc(-c3cc4ccccc4c(-c4ccc5c(c4)C(CCC)(CCC)c4ccccc4-5)c3-c3ccc4c(c3)C(CCC)(CCC)c3ccccc3-4)cc21. The lowest BCUT2D eigenvalue weighted by Crippen LogP contribution is -2.25. The van der Waals surface area contributed by atoms with E-state index in [-0.39, 0.29) is 16.2 Å². The molecule has 336 valence electrons. The summed E-state index contributed by atoms with van der Waals surface area (Å²) in [5.74, 6) is 0. The van der Waals surface area contributed by atoms with Gasteiger partial charge >= 0.3 is 0 Å². The van der Waals surface area contributed by atoms with Gasteiger partial charge in [-0.1, -0.05) is 214 Å². The minimum atomic E-state index is -0.0128. The van der Waals surface area contributed by atoms with Crippen LogP contribution in [-0.2, 0) is 16.2 Å². The molecule has 0 N–H and O–H groups in total. The zero-order chi connectivity index (χ0) is 45.9. The summed E-state index contributed by atoms with van der Waals surface area (Å²) in [5.41, 5.74) is 25.7. The molecule has 0 heterocycles. The second-order valence-electron chi connectivity index (χ2n) is 20.6. The van der Waals surface area contributed by atoms with Crippen LogP contribution in [0.25, 0.3) is 77.5 Å². The highest BCUT2D eigenvalue weighted by Gasteiger charge is 2.45. The minimum Gasteiger partial charge on any atom is -0.0653 e. The van der Waals surface area contributed by atoms with Gasteiger partial charge in [-0.3, -0.25) is 0 Å². The Hall–Kier alpha value is -5.98. The van der Waals surface area contributed by atoms with Gasteiger partial charge < -0.3 is 0 Å². The molecule has 0 amide bonds. The molecule has 0 nitrogen and oxygen atoms in total. The summed E-state index contributed by atoms with van der Waals surface area (Å²) in [6.45, 7) is 14.3. The predicted molar refractivity (Wildman–Crippen MR) is 288 cm³/mol. The Bertz CT molecular complexity index is 3150. The molecule has 0 saturated carbocycles. The molecule has 8 aromatic rings. The zero-order valence-corrected chi connectivity index (χ0v) is 41.0. The van der Waals surface area contributed by atoms with Crippen LogP contribution in [0.5, 0.6) is 0 Å². The van der Waals surface area contributed by atoms with Gasteiger partial charge in [-0.05, 0) is 174 Å². The van der Waals surface area contributed by atoms with Crippen LogP contribution >= 0.6 is 0 Å². The van der Waals surface area contributed by atoms with Gasteiger partial charge in [-0.2, -0.15) is 0 Å². The minimum absolute atomic E-state index is 0.00140. The fraction of sp³-hybridized carbons (Fsp3) is 0.313. The van der Waals surface area contributed by atoms with E-state index in [1.807, 2.05) is 0 Å². The lowest BCUT2D eigenvalue weighted by atomic mass is 9.70. The van der Waals surface area contributed by atoms with Crippen molar-refractivity contribution in [3.8, 4) is 66.8 Å². The maximum atomic E-state index is 2.67. The van der Waals surface area contributed by atoms with Gasteiger partial charge in [0.05, 0.1) is 0 Å². The Morgan fingerprint density at radius 3 is 1.01 bits per heavy atom. The summed E-state index contributed by atoms with van der Waals surface area (Å²) in [6, 6.07) is 62.7. The van der Waals surface area contributed by atoms with Crippen LogP contribution in [0.2, 0.25) is 0 Å². The first kappa shape index (κ1) is 43.6. The Morgan fingerprint density at radius 2 is 0.597 bits per heavy atom. The van der Waals surface area contributed by atoms with Crippen LogP contribution in [0, 0.1) is 0 Å². The van der Waals surface area contributed by atoms with Crippen molar-refractivity contribution in [3.05, 3.63) is 191 Å². The lowest BCUT2D eigenvalue weighted by Gasteiger charge is -2.33. The van der Waals surface area contributed by atoms with Gasteiger partial charge in [0.15, 0.2) is 0 Å². The van der Waals surface area contributed by atoms with Gasteiger partial charge in [0.2, 0.25) is 0 Å². The van der Waals surface area contributed by atoms with Crippen LogP contribution in [0.15, 0.2) is 158 Å². The molecule has 0 fully saturated rings. The van der Waals surface area contributed by atoms with E-state index in [0.717, 1.165) is 77.0 Å². The van der Waals surface area contributed by atoms with Crippen molar-refractivity contribution in [1.82, 2.24) is 0 Å². The molecular weight excluding hydrogens is 805 g/mol. The fourth-order valence-electron chi connectivity index (χ4n) is 14.6. The quantitative estimate of drug-likeness (QED) is 0.0963. The van der Waals surface area contributed by atoms with Crippen LogP contribution in [0.1, 0.15) is 152 Å². The van der Waals surface area contributed by atoms with Crippen LogP contribution in [0.4, 0.5) is 0 Å². The van der Waals surface area contributed by atoms with E-state index in [2.05, 4.69) is 199 Å². The van der Waals surface area contributed by atoms with Crippen LogP contribution in [0.3, 0.4) is 0 Å². The molecule has 0 saturated heterocycles. The highest BCUT2D eigenvalue weighted by Crippen LogP contribution is 2.59. The number of hydrogen-bond acceptors (Lipinski definition) is 0. The van der Waals surface area contributed by atoms with Crippen molar-refractivity contribution in [3.63, 3.8) is 0 Å². The normalized spacial score (nSPS) is 15.2. The van der Waals surface area contributed by atoms with Gasteiger partial charge in [-0.15, -0.1) is 0 Å². The average Bonchev–Trinajstić information content (AvgIpc) is 3.90. The number of benzene rings is 8. The summed E-state index contributed by atoms with van der Waals surface area (Å²) in [7, 11) is 0. The number of fused-ring (bicyclic) bond motifs is 10. The molecule has 0 unspecified atom stereocenters. The lowest BCUT2D eigenvalue weighted by molar-refractivity contribution is 0.436. The first-order valence-electron chi connectivity index (χ1n) is 26.2. The van der Waals surface area contributed by atoms with E-state index in [9.17, 15) is 0 Å². The molecule has 0 atom stereocenters. The summed E-state index contributed by atoms with van der Waals surface area (Å²) in [5, 5.41) is 2.62. The number of hydrogen-bond donors (Lipinski definition) is 0. The van der Waals surface area contributed by atoms with Crippen molar-refractivity contribution >= 4 is 10.8 Å². The number of rotatable bonds is 15. The largest absolute Gasteiger partial charge is 0.0653 e. The molecule has 8 aromatic carbocycles. The Morgan fingerprint density at radius 1 is 0.269 bits per heavy atom. The maximum absolute atomic E-state index is 2.67. The standard InChI is InChI=1S/C67H68/c1-7-35-65(36-8-2)57-26-18-15-23-50(57)53-32-29-46(42-60(53)65)56-41-45-21-13-14-22-49(45)63(47-30-33-54-51-24-16-19-27-58(51)66(37-9-3,38-10-4)61(54)43-47)64(56)48-31-34-55-52-25-17-20-28-59(52)67(39-11-5,40-12-6)62(55)44-48/h13-34,41-44H,7-12,35-40H2,1-6H3. The molecule has 0 aromatic heterocycles. The van der Waals surface area contributed by atoms with Crippen molar-refractivity contribution in [2.45, 2.75) is 135 Å². The van der Waals surface area contributed by atoms with Gasteiger partial charge in [0, 0.05) is 16.2 Å². The topological polar surface area (TPSA) is 0 Å². The summed E-state index contributed by atoms with van der Waals surface area (Å²) < 4.78 is 0. The maximum Gasteiger partial charge on any atom is 0.0215 e. The van der Waals surface area contributed by atoms with Crippen molar-refractivity contribution in [2.24, 2.45) is 0 Å². The third kappa shape index (κ3) is 6.45. The molecular formula is C67H68. The molecule has 0 radical (unpaired) electrons. The third-order valence-corrected chi connectivity index (χ3v) is 16.8. The smallest absolute Gasteiger partial charge is 0.0215 e. The molecule has 0 aliphatic heterocycles. The molecule has 3 aliphatic carbocycles. The van der Waals surface area contributed by atoms with E-state index >= 15 is 0 Å². The summed E-state index contributed by atoms with van der Waals surface area (Å²) in [4.78, 5) is 0. The Kier molecular flexibility index (Phi) is 11.2. The molecule has 3 aliphatic rings. The van der Waals surface area contributed by atoms with E-state index < -0.39 is 0 Å². The van der Waals surface area contributed by atoms with Crippen molar-refractivity contribution in [2.75, 3.05) is 0 Å². The highest BCUT2D eigenvalue weighted by molar-refractivity contribution is 6.11. The van der Waals surface area contributed by atoms with Crippen molar-refractivity contribution in [1.29, 1.82) is 0 Å². The molecule has 67 heavy (non-hydrogen) atoms. The molecule has 0 spiro atoms. The zero-order valence-electron chi connectivity index (χ0n) is 41.0. The van der Waals surface area contributed by atoms with Gasteiger partial charge in [-0.25, -0.2) is 0 Å². The van der Waals surface area contributed by atoms with Crippen LogP contribution in [-0.4, -0.2) is 0 Å². The van der Waals surface area contributed by atoms with Gasteiger partial charge in [0.25, 0.3) is 0 Å². The second kappa shape index (κ2) is 17.3. The average molecular weight is 873 g/mol. The van der Waals surface area contributed by atoms with E-state index in [4.69, 9.17) is 0 Å². The predicted octanol–water partition coefficient (Wildman–Crippen LogP) is 19.4. The summed E-state index contributed by atoms with van der Waals surface area (Å²) in [6.07, 6.45) is 13.8. The van der Waals surface area contributed by atoms with E-state index in [1.165, 1.54) is 111 Å². The first-order valence-corrected chi connectivity index (χ1v) is 26.2. The highest BCUT2D eigenvalue weighted by atomic mass is 14.5. The van der Waals surface area contributed by atoms with E-state index in [0.29, 0.717) is 0 Å². The van der Waals surface area contributed by atoms with Gasteiger partial charge in [0.1, 0.15) is 0 Å². The Labute approximate surface area is 401 Å². The second-order valence-corrected chi connectivity index (χ2v) is 20.6. The molecule has 11 rings (SSSR count). The van der Waals surface area contributed by atoms with E-state index in [1.54, 1.807) is 0 Å². The fourth-order valence-corrected chi connectivity index (χ4v) is 14.6. The Balaban J connectivity index is 1.24. The van der Waals surface area contributed by atoms with Crippen molar-refractivity contribution < 1.29 is 0 Å². The molecule has 0 heteroatoms. The summed E-state index contributed by atoms with van der Waals surface area (Å²) >= 11 is 0. The first-order chi connectivity index (χ1) is 32.9.